The molecule has 0 fully saturated rings. The van der Waals surface area contributed by atoms with Crippen LogP contribution in [0.15, 0.2) is 43.1 Å². The van der Waals surface area contributed by atoms with Crippen LogP contribution in [0.5, 0.6) is 0 Å². The Morgan fingerprint density at radius 3 is 2.29 bits per heavy atom. The number of rotatable bonds is 3. The molecule has 0 spiro atoms. The van der Waals surface area contributed by atoms with Crippen molar-refractivity contribution in [3.63, 3.8) is 0 Å². The van der Waals surface area contributed by atoms with Crippen molar-refractivity contribution in [3.8, 4) is 0 Å². The fraction of sp³-hybridized carbons (Fsp3) is 0.0833. The summed E-state index contributed by atoms with van der Waals surface area (Å²) < 4.78 is 2.91. The van der Waals surface area contributed by atoms with Crippen molar-refractivity contribution in [2.75, 3.05) is 0 Å². The molecule has 0 radical (unpaired) electrons. The maximum Gasteiger partial charge on any atom is 0.177 e. The Morgan fingerprint density at radius 1 is 1.12 bits per heavy atom. The van der Waals surface area contributed by atoms with Gasteiger partial charge in [-0.2, -0.15) is 0 Å². The summed E-state index contributed by atoms with van der Waals surface area (Å²) in [4.78, 5) is 12.8. The average molecular weight is 439 g/mol. The normalized spacial score (nSPS) is 10.5. The number of carbonyl (C=O) groups is 1. The Labute approximate surface area is 129 Å². The Hall–Kier alpha value is 0.0300. The largest absolute Gasteiger partial charge is 0.293 e. The van der Waals surface area contributed by atoms with Crippen molar-refractivity contribution < 1.29 is 4.79 Å². The van der Waals surface area contributed by atoms with Gasteiger partial charge < -0.3 is 0 Å². The zero-order valence-corrected chi connectivity index (χ0v) is 14.1. The summed E-state index contributed by atoms with van der Waals surface area (Å²) in [6.07, 6.45) is 0.437. The molecule has 1 heterocycles. The van der Waals surface area contributed by atoms with Crippen LogP contribution in [0, 0.1) is 0 Å². The van der Waals surface area contributed by atoms with Gasteiger partial charge in [0.25, 0.3) is 0 Å². The maximum absolute atomic E-state index is 12.0. The smallest absolute Gasteiger partial charge is 0.177 e. The molecule has 0 unspecified atom stereocenters. The van der Waals surface area contributed by atoms with E-state index in [9.17, 15) is 4.79 Å². The van der Waals surface area contributed by atoms with E-state index in [-0.39, 0.29) is 5.78 Å². The molecule has 0 aliphatic carbocycles. The van der Waals surface area contributed by atoms with Gasteiger partial charge in [-0.3, -0.25) is 4.79 Å². The fourth-order valence-electron chi connectivity index (χ4n) is 1.36. The van der Waals surface area contributed by atoms with Gasteiger partial charge in [0.05, 0.1) is 8.66 Å². The van der Waals surface area contributed by atoms with E-state index in [1.54, 1.807) is 0 Å². The number of thiophene rings is 1. The third kappa shape index (κ3) is 3.50. The van der Waals surface area contributed by atoms with Crippen molar-refractivity contribution in [3.05, 3.63) is 53.5 Å². The lowest BCUT2D eigenvalue weighted by Crippen LogP contribution is -2.00. The average Bonchev–Trinajstić information content (AvgIpc) is 2.63. The van der Waals surface area contributed by atoms with Gasteiger partial charge in [-0.05, 0) is 55.6 Å². The highest BCUT2D eigenvalue weighted by Crippen LogP contribution is 2.33. The van der Waals surface area contributed by atoms with E-state index in [1.807, 2.05) is 30.3 Å². The van der Waals surface area contributed by atoms with E-state index in [0.717, 1.165) is 23.2 Å². The number of hydrogen-bond acceptors (Lipinski definition) is 2. The third-order valence-electron chi connectivity index (χ3n) is 2.20. The molecule has 88 valence electrons. The summed E-state index contributed by atoms with van der Waals surface area (Å²) in [7, 11) is 0. The Balaban J connectivity index is 2.14. The lowest BCUT2D eigenvalue weighted by molar-refractivity contribution is 0.0997. The van der Waals surface area contributed by atoms with Crippen molar-refractivity contribution in [2.24, 2.45) is 0 Å². The highest BCUT2D eigenvalue weighted by Gasteiger charge is 2.12. The van der Waals surface area contributed by atoms with Gasteiger partial charge in [-0.15, -0.1) is 11.3 Å². The summed E-state index contributed by atoms with van der Waals surface area (Å²) in [5.41, 5.74) is 1.03. The van der Waals surface area contributed by atoms with Crippen LogP contribution in [0.4, 0.5) is 0 Å². The zero-order chi connectivity index (χ0) is 12.4. The molecule has 0 saturated heterocycles. The van der Waals surface area contributed by atoms with Crippen LogP contribution in [0.1, 0.15) is 15.2 Å². The van der Waals surface area contributed by atoms with Crippen LogP contribution in [0.3, 0.4) is 0 Å². The molecule has 1 nitrogen and oxygen atoms in total. The molecule has 0 bridgehead atoms. The van der Waals surface area contributed by atoms with E-state index >= 15 is 0 Å². The minimum absolute atomic E-state index is 0.142. The molecule has 5 heteroatoms. The second-order valence-electron chi connectivity index (χ2n) is 3.46. The summed E-state index contributed by atoms with van der Waals surface area (Å²) >= 11 is 11.6. The van der Waals surface area contributed by atoms with Crippen LogP contribution < -0.4 is 0 Å². The molecule has 0 saturated carbocycles. The Morgan fingerprint density at radius 2 is 1.76 bits per heavy atom. The molecule has 0 atom stereocenters. The van der Waals surface area contributed by atoms with Gasteiger partial charge in [-0.1, -0.05) is 28.1 Å². The van der Waals surface area contributed by atoms with Crippen molar-refractivity contribution in [1.82, 2.24) is 0 Å². The van der Waals surface area contributed by atoms with E-state index in [1.165, 1.54) is 11.3 Å². The Kier molecular flexibility index (Phi) is 4.58. The van der Waals surface area contributed by atoms with Crippen LogP contribution in [0.2, 0.25) is 0 Å². The van der Waals surface area contributed by atoms with Crippen molar-refractivity contribution in [1.29, 1.82) is 0 Å². The summed E-state index contributed by atoms with van der Waals surface area (Å²) in [5, 5.41) is 0. The standard InChI is InChI=1S/C12H7Br3OS/c13-8-3-1-7(2-4-8)5-10(16)11-6-9(14)12(15)17-11/h1-4,6H,5H2. The second kappa shape index (κ2) is 5.78. The van der Waals surface area contributed by atoms with Crippen molar-refractivity contribution >= 4 is 64.9 Å². The fourth-order valence-corrected chi connectivity index (χ4v) is 3.60. The van der Waals surface area contributed by atoms with Gasteiger partial charge in [0.1, 0.15) is 0 Å². The highest BCUT2D eigenvalue weighted by molar-refractivity contribution is 9.13. The first kappa shape index (κ1) is 13.5. The first-order valence-corrected chi connectivity index (χ1v) is 7.98. The lowest BCUT2D eigenvalue weighted by Gasteiger charge is -1.99. The topological polar surface area (TPSA) is 17.1 Å². The van der Waals surface area contributed by atoms with Gasteiger partial charge >= 0.3 is 0 Å². The summed E-state index contributed by atoms with van der Waals surface area (Å²) in [6, 6.07) is 9.67. The molecule has 0 aliphatic heterocycles. The lowest BCUT2D eigenvalue weighted by atomic mass is 10.1. The second-order valence-corrected chi connectivity index (χ2v) is 7.60. The van der Waals surface area contributed by atoms with E-state index in [2.05, 4.69) is 47.8 Å². The third-order valence-corrected chi connectivity index (χ3v) is 6.02. The molecule has 17 heavy (non-hydrogen) atoms. The van der Waals surface area contributed by atoms with Crippen molar-refractivity contribution in [2.45, 2.75) is 6.42 Å². The number of halogens is 3. The SMILES string of the molecule is O=C(Cc1ccc(Br)cc1)c1cc(Br)c(Br)s1. The highest BCUT2D eigenvalue weighted by atomic mass is 79.9. The summed E-state index contributed by atoms with van der Waals surface area (Å²) in [6.45, 7) is 0. The quantitative estimate of drug-likeness (QED) is 0.581. The predicted octanol–water partition coefficient (Wildman–Crippen LogP) is 5.46. The van der Waals surface area contributed by atoms with Gasteiger partial charge in [0, 0.05) is 15.4 Å². The molecule has 1 aromatic carbocycles. The summed E-state index contributed by atoms with van der Waals surface area (Å²) in [5.74, 6) is 0.142. The molecule has 0 N–H and O–H groups in total. The molecule has 1 aromatic heterocycles. The monoisotopic (exact) mass is 436 g/mol. The molecular weight excluding hydrogens is 432 g/mol. The minimum Gasteiger partial charge on any atom is -0.293 e. The van der Waals surface area contributed by atoms with Crippen LogP contribution in [-0.2, 0) is 6.42 Å². The Bertz CT molecular complexity index is 526. The van der Waals surface area contributed by atoms with E-state index in [0.29, 0.717) is 6.42 Å². The van der Waals surface area contributed by atoms with E-state index < -0.39 is 0 Å². The number of Topliss-reactive ketones (excluding diaryl/α,β-unsaturated/α-hetero) is 1. The van der Waals surface area contributed by atoms with Crippen LogP contribution in [0.25, 0.3) is 0 Å². The first-order chi connectivity index (χ1) is 8.06. The minimum atomic E-state index is 0.142. The first-order valence-electron chi connectivity index (χ1n) is 4.79. The molecule has 2 rings (SSSR count). The zero-order valence-electron chi connectivity index (χ0n) is 8.54. The molecule has 2 aromatic rings. The molecular formula is C12H7Br3OS. The van der Waals surface area contributed by atoms with Gasteiger partial charge in [0.2, 0.25) is 0 Å². The van der Waals surface area contributed by atoms with Gasteiger partial charge in [0.15, 0.2) is 5.78 Å². The number of hydrogen-bond donors (Lipinski definition) is 0. The maximum atomic E-state index is 12.0. The number of benzene rings is 1. The molecule has 0 aliphatic rings. The van der Waals surface area contributed by atoms with Crippen LogP contribution in [-0.4, -0.2) is 5.78 Å². The van der Waals surface area contributed by atoms with Gasteiger partial charge in [-0.25, -0.2) is 0 Å². The predicted molar refractivity (Wildman–Crippen MR) is 81.9 cm³/mol. The number of ketones is 1. The number of carbonyl (C=O) groups excluding carboxylic acids is 1. The molecule has 0 amide bonds. The van der Waals surface area contributed by atoms with Crippen LogP contribution >= 0.6 is 59.1 Å². The van der Waals surface area contributed by atoms with E-state index in [4.69, 9.17) is 0 Å².